The van der Waals surface area contributed by atoms with Gasteiger partial charge in [-0.15, -0.1) is 0 Å². The molecule has 30 heavy (non-hydrogen) atoms. The molecule has 0 spiro atoms. The molecule has 1 atom stereocenters. The number of hydrogen-bond donors (Lipinski definition) is 0. The van der Waals surface area contributed by atoms with E-state index in [1.807, 2.05) is 49.1 Å². The van der Waals surface area contributed by atoms with Crippen LogP contribution in [-0.4, -0.2) is 62.6 Å². The number of amides is 1. The summed E-state index contributed by atoms with van der Waals surface area (Å²) in [5, 5.41) is 0. The maximum atomic E-state index is 13.3. The standard InChI is InChI=1S/C23H31N3O3S/c1-4-22(26(30(3,28)29)21-12-10-19(2)11-13-21)23(27)25-16-14-24(15-17-25)18-20-8-6-5-7-9-20/h5-13,22H,4,14-18H2,1-3H3/t22-/m0/s1. The van der Waals surface area contributed by atoms with E-state index in [4.69, 9.17) is 0 Å². The van der Waals surface area contributed by atoms with Crippen LogP contribution < -0.4 is 4.31 Å². The molecule has 1 aliphatic rings. The molecule has 2 aromatic rings. The molecule has 1 saturated heterocycles. The van der Waals surface area contributed by atoms with Crippen LogP contribution in [0.2, 0.25) is 0 Å². The van der Waals surface area contributed by atoms with Crippen molar-refractivity contribution in [3.8, 4) is 0 Å². The maximum Gasteiger partial charge on any atom is 0.246 e. The van der Waals surface area contributed by atoms with Gasteiger partial charge in [0.05, 0.1) is 11.9 Å². The Labute approximate surface area is 180 Å². The van der Waals surface area contributed by atoms with Crippen molar-refractivity contribution >= 4 is 21.6 Å². The van der Waals surface area contributed by atoms with Gasteiger partial charge >= 0.3 is 0 Å². The van der Waals surface area contributed by atoms with E-state index in [9.17, 15) is 13.2 Å². The number of benzene rings is 2. The predicted molar refractivity (Wildman–Crippen MR) is 121 cm³/mol. The molecule has 0 N–H and O–H groups in total. The highest BCUT2D eigenvalue weighted by Gasteiger charge is 2.35. The molecule has 0 unspecified atom stereocenters. The third-order valence-electron chi connectivity index (χ3n) is 5.53. The lowest BCUT2D eigenvalue weighted by molar-refractivity contribution is -0.134. The first kappa shape index (κ1) is 22.3. The van der Waals surface area contributed by atoms with Crippen LogP contribution in [0.25, 0.3) is 0 Å². The van der Waals surface area contributed by atoms with Gasteiger partial charge in [0.1, 0.15) is 6.04 Å². The lowest BCUT2D eigenvalue weighted by Gasteiger charge is -2.39. The van der Waals surface area contributed by atoms with Crippen molar-refractivity contribution < 1.29 is 13.2 Å². The number of carbonyl (C=O) groups is 1. The summed E-state index contributed by atoms with van der Waals surface area (Å²) in [5.41, 5.74) is 2.83. The Bertz CT molecular complexity index is 937. The molecular formula is C23H31N3O3S. The summed E-state index contributed by atoms with van der Waals surface area (Å²) in [6.45, 7) is 7.44. The molecule has 0 radical (unpaired) electrons. The first-order valence-corrected chi connectivity index (χ1v) is 12.3. The van der Waals surface area contributed by atoms with Crippen molar-refractivity contribution in [1.29, 1.82) is 0 Å². The molecule has 162 valence electrons. The number of nitrogens with zero attached hydrogens (tertiary/aromatic N) is 3. The average molecular weight is 430 g/mol. The van der Waals surface area contributed by atoms with Gasteiger partial charge in [0.25, 0.3) is 0 Å². The summed E-state index contributed by atoms with van der Waals surface area (Å²) in [4.78, 5) is 17.5. The fraction of sp³-hybridized carbons (Fsp3) is 0.435. The Hall–Kier alpha value is -2.38. The summed E-state index contributed by atoms with van der Waals surface area (Å²) in [7, 11) is -3.60. The van der Waals surface area contributed by atoms with E-state index in [2.05, 4.69) is 17.0 Å². The number of sulfonamides is 1. The second-order valence-corrected chi connectivity index (χ2v) is 9.76. The van der Waals surface area contributed by atoms with Crippen LogP contribution in [0, 0.1) is 6.92 Å². The highest BCUT2D eigenvalue weighted by molar-refractivity contribution is 7.92. The van der Waals surface area contributed by atoms with Gasteiger partial charge in [-0.25, -0.2) is 8.42 Å². The highest BCUT2D eigenvalue weighted by atomic mass is 32.2. The second kappa shape index (κ2) is 9.62. The highest BCUT2D eigenvalue weighted by Crippen LogP contribution is 2.24. The first-order chi connectivity index (χ1) is 14.3. The van der Waals surface area contributed by atoms with Gasteiger partial charge in [0.2, 0.25) is 15.9 Å². The SMILES string of the molecule is CC[C@@H](C(=O)N1CCN(Cc2ccccc2)CC1)N(c1ccc(C)cc1)S(C)(=O)=O. The summed E-state index contributed by atoms with van der Waals surface area (Å²) in [6.07, 6.45) is 1.59. The van der Waals surface area contributed by atoms with Crippen molar-refractivity contribution in [2.45, 2.75) is 32.9 Å². The first-order valence-electron chi connectivity index (χ1n) is 10.4. The van der Waals surface area contributed by atoms with Crippen LogP contribution >= 0.6 is 0 Å². The number of rotatable bonds is 7. The maximum absolute atomic E-state index is 13.3. The van der Waals surface area contributed by atoms with Crippen LogP contribution in [0.4, 0.5) is 5.69 Å². The molecule has 0 bridgehead atoms. The molecule has 7 heteroatoms. The van der Waals surface area contributed by atoms with E-state index >= 15 is 0 Å². The number of piperazine rings is 1. The van der Waals surface area contributed by atoms with E-state index in [1.54, 1.807) is 12.1 Å². The third kappa shape index (κ3) is 5.40. The van der Waals surface area contributed by atoms with E-state index in [1.165, 1.54) is 16.1 Å². The molecule has 6 nitrogen and oxygen atoms in total. The molecular weight excluding hydrogens is 398 g/mol. The average Bonchev–Trinajstić information content (AvgIpc) is 2.73. The van der Waals surface area contributed by atoms with Crippen molar-refractivity contribution in [3.05, 3.63) is 65.7 Å². The normalized spacial score (nSPS) is 16.3. The lowest BCUT2D eigenvalue weighted by atomic mass is 10.1. The number of aryl methyl sites for hydroxylation is 1. The molecule has 0 aromatic heterocycles. The molecule has 1 amide bonds. The summed E-state index contributed by atoms with van der Waals surface area (Å²) >= 11 is 0. The van der Waals surface area contributed by atoms with Gasteiger partial charge in [0, 0.05) is 32.7 Å². The zero-order valence-electron chi connectivity index (χ0n) is 18.0. The monoisotopic (exact) mass is 429 g/mol. The Morgan fingerprint density at radius 1 is 1.00 bits per heavy atom. The van der Waals surface area contributed by atoms with Crippen LogP contribution in [0.5, 0.6) is 0 Å². The fourth-order valence-electron chi connectivity index (χ4n) is 3.91. The van der Waals surface area contributed by atoms with Crippen LogP contribution in [0.1, 0.15) is 24.5 Å². The zero-order chi connectivity index (χ0) is 21.7. The van der Waals surface area contributed by atoms with Gasteiger partial charge in [-0.2, -0.15) is 0 Å². The smallest absolute Gasteiger partial charge is 0.246 e. The third-order valence-corrected chi connectivity index (χ3v) is 6.71. The summed E-state index contributed by atoms with van der Waals surface area (Å²) in [6, 6.07) is 16.8. The molecule has 1 aliphatic heterocycles. The minimum absolute atomic E-state index is 0.122. The Kier molecular flexibility index (Phi) is 7.15. The molecule has 0 aliphatic carbocycles. The van der Waals surface area contributed by atoms with E-state index in [0.29, 0.717) is 25.2 Å². The number of anilines is 1. The van der Waals surface area contributed by atoms with Gasteiger partial charge in [0.15, 0.2) is 0 Å². The molecule has 3 rings (SSSR count). The minimum Gasteiger partial charge on any atom is -0.338 e. The van der Waals surface area contributed by atoms with Crippen molar-refractivity contribution in [3.63, 3.8) is 0 Å². The van der Waals surface area contributed by atoms with Crippen molar-refractivity contribution in [2.75, 3.05) is 36.7 Å². The minimum atomic E-state index is -3.60. The largest absolute Gasteiger partial charge is 0.338 e. The quantitative estimate of drug-likeness (QED) is 0.679. The molecule has 1 fully saturated rings. The van der Waals surface area contributed by atoms with Crippen LogP contribution in [-0.2, 0) is 21.4 Å². The van der Waals surface area contributed by atoms with Crippen LogP contribution in [0.3, 0.4) is 0 Å². The van der Waals surface area contributed by atoms with Crippen molar-refractivity contribution in [2.24, 2.45) is 0 Å². The van der Waals surface area contributed by atoms with E-state index in [-0.39, 0.29) is 5.91 Å². The summed E-state index contributed by atoms with van der Waals surface area (Å²) in [5.74, 6) is -0.122. The Morgan fingerprint density at radius 3 is 2.13 bits per heavy atom. The van der Waals surface area contributed by atoms with E-state index in [0.717, 1.165) is 25.2 Å². The second-order valence-electron chi connectivity index (χ2n) is 7.91. The number of carbonyl (C=O) groups excluding carboxylic acids is 1. The zero-order valence-corrected chi connectivity index (χ0v) is 18.8. The summed E-state index contributed by atoms with van der Waals surface area (Å²) < 4.78 is 26.5. The Morgan fingerprint density at radius 2 is 1.60 bits per heavy atom. The van der Waals surface area contributed by atoms with Gasteiger partial charge in [-0.05, 0) is 31.0 Å². The fourth-order valence-corrected chi connectivity index (χ4v) is 5.12. The van der Waals surface area contributed by atoms with Gasteiger partial charge < -0.3 is 4.90 Å². The predicted octanol–water partition coefficient (Wildman–Crippen LogP) is 2.88. The van der Waals surface area contributed by atoms with Gasteiger partial charge in [-0.1, -0.05) is 55.0 Å². The molecule has 2 aromatic carbocycles. The molecule has 1 heterocycles. The Balaban J connectivity index is 1.71. The number of hydrogen-bond acceptors (Lipinski definition) is 4. The van der Waals surface area contributed by atoms with Gasteiger partial charge in [-0.3, -0.25) is 14.0 Å². The molecule has 0 saturated carbocycles. The topological polar surface area (TPSA) is 60.9 Å². The van der Waals surface area contributed by atoms with Crippen LogP contribution in [0.15, 0.2) is 54.6 Å². The van der Waals surface area contributed by atoms with Crippen molar-refractivity contribution in [1.82, 2.24) is 9.80 Å². The van der Waals surface area contributed by atoms with E-state index < -0.39 is 16.1 Å². The lowest BCUT2D eigenvalue weighted by Crippen LogP contribution is -2.55.